The molecule has 10 heteroatoms. The van der Waals surface area contributed by atoms with E-state index in [1.54, 1.807) is 27.9 Å². The Morgan fingerprint density at radius 1 is 0.800 bits per heavy atom. The molecule has 1 aromatic heterocycles. The number of aromatic nitrogens is 2. The Hall–Kier alpha value is -2.01. The lowest BCUT2D eigenvalue weighted by molar-refractivity contribution is -0.684. The monoisotopic (exact) mass is 493 g/mol. The second kappa shape index (κ2) is 9.46. The van der Waals surface area contributed by atoms with Crippen LogP contribution in [0.15, 0.2) is 18.7 Å². The number of hydrogen-bond donors (Lipinski definition) is 4. The molecule has 3 heterocycles. The van der Waals surface area contributed by atoms with Crippen LogP contribution >= 0.6 is 0 Å². The van der Waals surface area contributed by atoms with E-state index in [9.17, 15) is 20.0 Å². The first kappa shape index (κ1) is 27.6. The van der Waals surface area contributed by atoms with Crippen LogP contribution in [0.25, 0.3) is 0 Å². The second-order valence-corrected chi connectivity index (χ2v) is 13.0. The van der Waals surface area contributed by atoms with Gasteiger partial charge in [-0.15, -0.1) is 0 Å². The van der Waals surface area contributed by atoms with E-state index in [1.165, 1.54) is 10.1 Å². The number of imidazole rings is 1. The highest BCUT2D eigenvalue weighted by Crippen LogP contribution is 2.37. The predicted octanol–water partition coefficient (Wildman–Crippen LogP) is 1.83. The van der Waals surface area contributed by atoms with E-state index in [0.717, 1.165) is 0 Å². The summed E-state index contributed by atoms with van der Waals surface area (Å²) in [4.78, 5) is 25.4. The van der Waals surface area contributed by atoms with E-state index in [0.29, 0.717) is 25.7 Å². The third-order valence-corrected chi connectivity index (χ3v) is 7.41. The fourth-order valence-corrected chi connectivity index (χ4v) is 6.25. The van der Waals surface area contributed by atoms with Gasteiger partial charge in [-0.1, -0.05) is 0 Å². The minimum absolute atomic E-state index is 0.0248. The minimum Gasteiger partial charge on any atom is -0.350 e. The Labute approximate surface area is 209 Å². The van der Waals surface area contributed by atoms with Gasteiger partial charge in [-0.05, 0) is 81.1 Å². The van der Waals surface area contributed by atoms with Gasteiger partial charge in [0, 0.05) is 34.2 Å². The molecule has 0 spiro atoms. The van der Waals surface area contributed by atoms with Crippen LogP contribution in [-0.2, 0) is 22.7 Å². The van der Waals surface area contributed by atoms with E-state index in [-0.39, 0.29) is 37.0 Å². The summed E-state index contributed by atoms with van der Waals surface area (Å²) in [5.74, 6) is -0.194. The maximum absolute atomic E-state index is 12.7. The van der Waals surface area contributed by atoms with Crippen LogP contribution in [0.3, 0.4) is 0 Å². The molecule has 2 amide bonds. The predicted molar refractivity (Wildman–Crippen MR) is 131 cm³/mol. The first-order valence-electron chi connectivity index (χ1n) is 12.5. The summed E-state index contributed by atoms with van der Waals surface area (Å²) in [5.41, 5.74) is -1.72. The highest BCUT2D eigenvalue weighted by atomic mass is 16.5. The fraction of sp³-hybridized carbons (Fsp3) is 0.800. The molecule has 0 unspecified atom stereocenters. The molecule has 2 fully saturated rings. The van der Waals surface area contributed by atoms with E-state index in [2.05, 4.69) is 10.6 Å². The summed E-state index contributed by atoms with van der Waals surface area (Å²) in [7, 11) is 0. The zero-order valence-corrected chi connectivity index (χ0v) is 22.6. The van der Waals surface area contributed by atoms with Crippen LogP contribution < -0.4 is 15.2 Å². The Morgan fingerprint density at radius 3 is 1.63 bits per heavy atom. The first-order valence-corrected chi connectivity index (χ1v) is 12.5. The van der Waals surface area contributed by atoms with Crippen molar-refractivity contribution in [2.45, 2.75) is 128 Å². The van der Waals surface area contributed by atoms with Gasteiger partial charge in [0.15, 0.2) is 13.1 Å². The molecule has 0 atom stereocenters. The minimum atomic E-state index is -0.429. The molecule has 1 aromatic rings. The van der Waals surface area contributed by atoms with Gasteiger partial charge in [-0.3, -0.25) is 9.59 Å². The molecule has 2 saturated heterocycles. The van der Waals surface area contributed by atoms with Crippen LogP contribution in [0, 0.1) is 0 Å². The smallest absolute Gasteiger partial charge is 0.262 e. The number of hydrogen-bond acceptors (Lipinski definition) is 6. The maximum Gasteiger partial charge on any atom is 0.262 e. The topological polar surface area (TPSA) is 114 Å². The number of nitrogens with one attached hydrogen (secondary N) is 2. The van der Waals surface area contributed by atoms with Crippen molar-refractivity contribution in [3.8, 4) is 0 Å². The molecule has 4 N–H and O–H groups in total. The SMILES string of the molecule is CC1(C)CC(NC(=O)Cn2cc[n+](CC(=O)NC3CC(C)(C)N(O)C(C)(C)C3)c2)CC(C)(C)N1O. The van der Waals surface area contributed by atoms with Crippen molar-refractivity contribution in [3.05, 3.63) is 18.7 Å². The number of carbonyl (C=O) groups is 2. The number of carbonyl (C=O) groups excluding carboxylic acids is 2. The van der Waals surface area contributed by atoms with E-state index >= 15 is 0 Å². The average molecular weight is 494 g/mol. The van der Waals surface area contributed by atoms with Gasteiger partial charge in [0.25, 0.3) is 11.8 Å². The number of nitrogens with zero attached hydrogens (tertiary/aromatic N) is 4. The lowest BCUT2D eigenvalue weighted by atomic mass is 9.79. The van der Waals surface area contributed by atoms with Gasteiger partial charge in [-0.25, -0.2) is 9.13 Å². The van der Waals surface area contributed by atoms with Crippen molar-refractivity contribution in [2.24, 2.45) is 0 Å². The lowest BCUT2D eigenvalue weighted by Gasteiger charge is -2.51. The normalized spacial score (nSPS) is 24.7. The van der Waals surface area contributed by atoms with Gasteiger partial charge < -0.3 is 21.0 Å². The Morgan fingerprint density at radius 2 is 1.20 bits per heavy atom. The molecular weight excluding hydrogens is 448 g/mol. The van der Waals surface area contributed by atoms with Crippen LogP contribution in [0.1, 0.15) is 81.1 Å². The summed E-state index contributed by atoms with van der Waals surface area (Å²) in [5, 5.41) is 29.9. The highest BCUT2D eigenvalue weighted by Gasteiger charge is 2.46. The molecule has 35 heavy (non-hydrogen) atoms. The molecule has 0 saturated carbocycles. The van der Waals surface area contributed by atoms with Crippen LogP contribution in [0.5, 0.6) is 0 Å². The molecule has 3 rings (SSSR count). The van der Waals surface area contributed by atoms with E-state index in [1.807, 2.05) is 55.4 Å². The molecule has 0 radical (unpaired) electrons. The highest BCUT2D eigenvalue weighted by molar-refractivity contribution is 5.76. The van der Waals surface area contributed by atoms with Crippen molar-refractivity contribution in [3.63, 3.8) is 0 Å². The zero-order chi connectivity index (χ0) is 26.4. The standard InChI is InChI=1S/C25H44N6O4/c1-22(2)11-18(12-23(3,4)30(22)34)26-20(32)15-28-9-10-29(17-28)16-21(33)27-19-13-24(5,6)31(35)25(7,8)14-19/h9-10,17-19,34-35H,11-16H2,1-8H3,(H-,26,27,32,33)/p+1. The Kier molecular flexibility index (Phi) is 7.45. The first-order chi connectivity index (χ1) is 15.9. The molecule has 10 nitrogen and oxygen atoms in total. The summed E-state index contributed by atoms with van der Waals surface area (Å²) >= 11 is 0. The summed E-state index contributed by atoms with van der Waals surface area (Å²) in [6, 6.07) is -0.0496. The average Bonchev–Trinajstić information content (AvgIpc) is 3.09. The Balaban J connectivity index is 1.51. The van der Waals surface area contributed by atoms with Crippen LogP contribution in [-0.4, -0.2) is 71.2 Å². The van der Waals surface area contributed by atoms with Gasteiger partial charge in [-0.2, -0.15) is 10.1 Å². The van der Waals surface area contributed by atoms with E-state index < -0.39 is 22.2 Å². The third-order valence-electron chi connectivity index (χ3n) is 7.41. The summed E-state index contributed by atoms with van der Waals surface area (Å²) < 4.78 is 3.52. The number of piperidine rings is 2. The molecular formula is C25H45N6O4+. The van der Waals surface area contributed by atoms with Gasteiger partial charge >= 0.3 is 0 Å². The summed E-state index contributed by atoms with van der Waals surface area (Å²) in [6.45, 7) is 16.1. The number of amides is 2. The van der Waals surface area contributed by atoms with Crippen molar-refractivity contribution >= 4 is 11.8 Å². The van der Waals surface area contributed by atoms with Gasteiger partial charge in [0.2, 0.25) is 6.33 Å². The molecule has 2 aliphatic rings. The lowest BCUT2D eigenvalue weighted by Crippen LogP contribution is -2.63. The number of rotatable bonds is 6. The van der Waals surface area contributed by atoms with Crippen molar-refractivity contribution < 1.29 is 24.6 Å². The maximum atomic E-state index is 12.7. The van der Waals surface area contributed by atoms with Crippen LogP contribution in [0.2, 0.25) is 0 Å². The largest absolute Gasteiger partial charge is 0.350 e. The van der Waals surface area contributed by atoms with E-state index in [4.69, 9.17) is 0 Å². The molecule has 0 bridgehead atoms. The van der Waals surface area contributed by atoms with Crippen molar-refractivity contribution in [1.29, 1.82) is 0 Å². The third kappa shape index (κ3) is 6.41. The molecule has 2 aliphatic heterocycles. The van der Waals surface area contributed by atoms with Gasteiger partial charge in [0.05, 0.1) is 0 Å². The van der Waals surface area contributed by atoms with Crippen molar-refractivity contribution in [1.82, 2.24) is 25.3 Å². The van der Waals surface area contributed by atoms with Gasteiger partial charge in [0.1, 0.15) is 12.4 Å². The second-order valence-electron chi connectivity index (χ2n) is 13.0. The zero-order valence-electron chi connectivity index (χ0n) is 22.6. The Bertz CT molecular complexity index is 830. The van der Waals surface area contributed by atoms with Crippen LogP contribution in [0.4, 0.5) is 0 Å². The number of hydroxylamine groups is 4. The quantitative estimate of drug-likeness (QED) is 0.450. The summed E-state index contributed by atoms with van der Waals surface area (Å²) in [6.07, 6.45) is 7.97. The van der Waals surface area contributed by atoms with Crippen molar-refractivity contribution in [2.75, 3.05) is 0 Å². The molecule has 0 aromatic carbocycles. The molecule has 198 valence electrons. The molecule has 0 aliphatic carbocycles. The fourth-order valence-electron chi connectivity index (χ4n) is 6.25.